The van der Waals surface area contributed by atoms with Crippen LogP contribution in [0.4, 0.5) is 0 Å². The summed E-state index contributed by atoms with van der Waals surface area (Å²) in [4.78, 5) is 0. The van der Waals surface area contributed by atoms with E-state index in [0.717, 1.165) is 0 Å². The summed E-state index contributed by atoms with van der Waals surface area (Å²) in [6, 6.07) is 0. The molecule has 0 rings (SSSR count). The van der Waals surface area contributed by atoms with Crippen LogP contribution in [0.1, 0.15) is 0 Å². The predicted molar refractivity (Wildman–Crippen MR) is 22.8 cm³/mol. The molecular weight excluding hydrogens is 88.5 g/mol. The van der Waals surface area contributed by atoms with Crippen LogP contribution in [0.25, 0.3) is 6.15 Å². The van der Waals surface area contributed by atoms with Crippen LogP contribution in [-0.4, -0.2) is 14.3 Å². The van der Waals surface area contributed by atoms with Crippen LogP contribution in [0.3, 0.4) is 0 Å². The molecule has 0 aromatic heterocycles. The van der Waals surface area contributed by atoms with Crippen molar-refractivity contribution in [1.82, 2.24) is 0 Å². The second kappa shape index (κ2) is 9.22. The largest absolute Gasteiger partial charge is 0.693 e. The van der Waals surface area contributed by atoms with Crippen molar-refractivity contribution in [3.8, 4) is 0 Å². The normalized spacial score (nSPS) is 2.50. The average Bonchev–Trinajstić information content (AvgIpc) is 0.918. The topological polar surface area (TPSA) is 33.5 Å². The van der Waals surface area contributed by atoms with Gasteiger partial charge in [-0.3, -0.25) is 0 Å². The standard InChI is InChI=1S/CH3.Al.ClH.H2N/h1H3;;1H;1H2/q;+2;;-1/p-1. The zero-order chi connectivity index (χ0) is 2.71. The van der Waals surface area contributed by atoms with Gasteiger partial charge in [0.15, 0.2) is 0 Å². The van der Waals surface area contributed by atoms with Gasteiger partial charge >= 0.3 is 30.1 Å². The van der Waals surface area contributed by atoms with Crippen molar-refractivity contribution >= 4 is 24.3 Å². The van der Waals surface area contributed by atoms with Gasteiger partial charge in [-0.15, -0.1) is 0 Å². The van der Waals surface area contributed by atoms with Gasteiger partial charge in [-0.1, -0.05) is 0 Å². The second-order valence-electron chi connectivity index (χ2n) is 0.218. The third-order valence-corrected chi connectivity index (χ3v) is 0. The molecule has 0 saturated carbocycles. The summed E-state index contributed by atoms with van der Waals surface area (Å²) < 4.78 is 0. The van der Waals surface area contributed by atoms with Crippen LogP contribution in [0, 0.1) is 0 Å². The van der Waals surface area contributed by atoms with Crippen molar-refractivity contribution in [2.75, 3.05) is 0 Å². The molecule has 0 saturated heterocycles. The Balaban J connectivity index is 0. The van der Waals surface area contributed by atoms with E-state index in [1.807, 2.05) is 5.79 Å². The van der Waals surface area contributed by atoms with Crippen molar-refractivity contribution in [3.05, 3.63) is 6.15 Å². The third kappa shape index (κ3) is 14.4. The molecule has 24 valence electrons. The zero-order valence-corrected chi connectivity index (χ0v) is 4.44. The van der Waals surface area contributed by atoms with E-state index in [1.54, 1.807) is 0 Å². The molecule has 1 nitrogen and oxygen atoms in total. The van der Waals surface area contributed by atoms with E-state index in [9.17, 15) is 0 Å². The van der Waals surface area contributed by atoms with Gasteiger partial charge in [0.1, 0.15) is 0 Å². The minimum absolute atomic E-state index is 0. The summed E-state index contributed by atoms with van der Waals surface area (Å²) in [7, 11) is 5.08. The van der Waals surface area contributed by atoms with Gasteiger partial charge in [-0.2, -0.15) is 0 Å². The molecule has 0 aliphatic carbocycles. The first-order chi connectivity index (χ1) is 1.41. The monoisotopic (exact) mass is 93.0 g/mol. The van der Waals surface area contributed by atoms with Crippen molar-refractivity contribution in [2.24, 2.45) is 0 Å². The van der Waals surface area contributed by atoms with Gasteiger partial charge in [0.05, 0.1) is 0 Å². The summed E-state index contributed by atoms with van der Waals surface area (Å²) in [5, 5.41) is 0. The van der Waals surface area contributed by atoms with E-state index in [1.165, 1.54) is 0 Å². The molecule has 0 radical (unpaired) electrons. The first-order valence-corrected chi connectivity index (χ1v) is 3.70. The van der Waals surface area contributed by atoms with Gasteiger partial charge in [0.25, 0.3) is 0 Å². The van der Waals surface area contributed by atoms with E-state index in [0.29, 0.717) is 0 Å². The predicted octanol–water partition coefficient (Wildman–Crippen LogP) is 1.61. The summed E-state index contributed by atoms with van der Waals surface area (Å²) in [5.41, 5.74) is 0. The smallest absolute Gasteiger partial charge is 0.693 e. The van der Waals surface area contributed by atoms with Gasteiger partial charge in [-0.05, 0) is 0 Å². The summed E-state index contributed by atoms with van der Waals surface area (Å²) in [5.74, 6) is 1.97. The van der Waals surface area contributed by atoms with Crippen molar-refractivity contribution in [2.45, 2.75) is 5.79 Å². The Labute approximate surface area is 36.8 Å². The van der Waals surface area contributed by atoms with Crippen LogP contribution in [0.2, 0.25) is 5.79 Å². The van der Waals surface area contributed by atoms with Gasteiger partial charge in [0.2, 0.25) is 0 Å². The molecule has 0 heterocycles. The molecule has 0 aromatic carbocycles. The summed E-state index contributed by atoms with van der Waals surface area (Å²) >= 11 is 0.222. The van der Waals surface area contributed by atoms with Gasteiger partial charge < -0.3 is 6.15 Å². The van der Waals surface area contributed by atoms with Crippen LogP contribution in [0.15, 0.2) is 0 Å². The molecule has 0 spiro atoms. The quantitative estimate of drug-likeness (QED) is 0.408. The molecule has 3 heteroatoms. The molecule has 0 aromatic rings. The number of hydrogen-bond acceptors (Lipinski definition) is 0. The van der Waals surface area contributed by atoms with E-state index in [-0.39, 0.29) is 20.4 Å². The van der Waals surface area contributed by atoms with Gasteiger partial charge in [-0.25, -0.2) is 0 Å². The Kier molecular flexibility index (Phi) is 20.4. The van der Waals surface area contributed by atoms with E-state index >= 15 is 0 Å². The third-order valence-electron chi connectivity index (χ3n) is 0. The summed E-state index contributed by atoms with van der Waals surface area (Å²) in [6.07, 6.45) is 0. The van der Waals surface area contributed by atoms with Crippen LogP contribution in [-0.2, 0) is 0 Å². The first kappa shape index (κ1) is 8.84. The fourth-order valence-electron chi connectivity index (χ4n) is 0. The number of nitrogens with two attached hydrogens (primary N) is 1. The number of hydrogen-bond donors (Lipinski definition) is 0. The molecule has 0 aliphatic rings. The Morgan fingerprint density at radius 3 is 1.75 bits per heavy atom. The van der Waals surface area contributed by atoms with Gasteiger partial charge in [0, 0.05) is 0 Å². The Hall–Kier alpha value is 0.782. The van der Waals surface area contributed by atoms with E-state index in [4.69, 9.17) is 10.0 Å². The van der Waals surface area contributed by atoms with E-state index in [2.05, 4.69) is 0 Å². The molecule has 0 fully saturated rings. The summed E-state index contributed by atoms with van der Waals surface area (Å²) in [6.45, 7) is 0. The molecule has 0 aliphatic heterocycles. The Bertz CT molecular complexity index is 8.00. The minimum Gasteiger partial charge on any atom is -0.693 e. The minimum atomic E-state index is 0. The van der Waals surface area contributed by atoms with Crippen molar-refractivity contribution < 1.29 is 0 Å². The fraction of sp³-hybridized carbons (Fsp3) is 1.00. The number of halogens is 1. The molecule has 2 N–H and O–H groups in total. The maximum Gasteiger partial charge on any atom is -0.693 e. The van der Waals surface area contributed by atoms with Crippen LogP contribution < -0.4 is 0 Å². The average molecular weight is 93.5 g/mol. The number of rotatable bonds is 0. The molecule has 0 bridgehead atoms. The fourth-order valence-corrected chi connectivity index (χ4v) is 0. The van der Waals surface area contributed by atoms with E-state index < -0.39 is 0 Å². The maximum atomic E-state index is 5.08. The Morgan fingerprint density at radius 1 is 1.75 bits per heavy atom. The maximum absolute atomic E-state index is 5.08. The van der Waals surface area contributed by atoms with Crippen molar-refractivity contribution in [3.63, 3.8) is 0 Å². The molecule has 4 heavy (non-hydrogen) atoms. The second-order valence-corrected chi connectivity index (χ2v) is 1.96. The first-order valence-electron chi connectivity index (χ1n) is 0.796. The van der Waals surface area contributed by atoms with Crippen LogP contribution in [0.5, 0.6) is 0 Å². The molecule has 0 atom stereocenters. The molecule has 0 unspecified atom stereocenters. The Morgan fingerprint density at radius 2 is 1.75 bits per heavy atom. The SMILES string of the molecule is [CH3][Al+][Cl].[NH2-]. The zero-order valence-electron chi connectivity index (χ0n) is 2.53. The molecular formula is CH5AlClN. The molecule has 0 amide bonds. The van der Waals surface area contributed by atoms with Crippen LogP contribution >= 0.6 is 10.0 Å². The van der Waals surface area contributed by atoms with Crippen molar-refractivity contribution in [1.29, 1.82) is 0 Å².